The van der Waals surface area contributed by atoms with Crippen molar-refractivity contribution in [3.05, 3.63) is 48.0 Å². The molecule has 3 aromatic rings. The molecule has 1 amide bonds. The predicted octanol–water partition coefficient (Wildman–Crippen LogP) is 3.62. The van der Waals surface area contributed by atoms with E-state index in [9.17, 15) is 4.79 Å². The van der Waals surface area contributed by atoms with Crippen LogP contribution in [0.5, 0.6) is 0 Å². The number of thiol groups is 1. The largest absolute Gasteiger partial charge is 0.456 e. The number of carbonyl (C=O) groups excluding carboxylic acids is 1. The molecule has 3 nitrogen and oxygen atoms in total. The van der Waals surface area contributed by atoms with Crippen LogP contribution in [-0.2, 0) is 11.3 Å². The second kappa shape index (κ2) is 4.81. The summed E-state index contributed by atoms with van der Waals surface area (Å²) in [5.74, 6) is 0.187. The lowest BCUT2D eigenvalue weighted by atomic mass is 10.1. The van der Waals surface area contributed by atoms with E-state index in [1.165, 1.54) is 0 Å². The van der Waals surface area contributed by atoms with E-state index in [1.807, 2.05) is 35.2 Å². The lowest BCUT2D eigenvalue weighted by Gasteiger charge is -2.15. The Hall–Kier alpha value is -1.94. The molecule has 0 N–H and O–H groups in total. The molecule has 4 heteroatoms. The van der Waals surface area contributed by atoms with E-state index in [0.29, 0.717) is 13.0 Å². The molecule has 4 rings (SSSR count). The number of nitrogens with zero attached hydrogens (tertiary/aromatic N) is 1. The molecule has 0 aliphatic carbocycles. The second-order valence-corrected chi connectivity index (χ2v) is 6.29. The first-order chi connectivity index (χ1) is 10.2. The van der Waals surface area contributed by atoms with Crippen molar-refractivity contribution in [3.63, 3.8) is 0 Å². The van der Waals surface area contributed by atoms with E-state index in [-0.39, 0.29) is 11.2 Å². The maximum absolute atomic E-state index is 11.9. The molecule has 1 saturated heterocycles. The summed E-state index contributed by atoms with van der Waals surface area (Å²) in [4.78, 5) is 13.7. The Morgan fingerprint density at radius 1 is 1.14 bits per heavy atom. The van der Waals surface area contributed by atoms with E-state index in [1.54, 1.807) is 0 Å². The van der Waals surface area contributed by atoms with E-state index in [2.05, 4.69) is 24.8 Å². The van der Waals surface area contributed by atoms with Gasteiger partial charge in [0.05, 0.1) is 0 Å². The molecule has 1 aromatic heterocycles. The van der Waals surface area contributed by atoms with Gasteiger partial charge in [-0.25, -0.2) is 0 Å². The maximum Gasteiger partial charge on any atom is 0.224 e. The van der Waals surface area contributed by atoms with E-state index < -0.39 is 0 Å². The standard InChI is InChI=1S/C17H15NO2S/c19-17-8-12(21)10-18(17)9-11-5-6-16-14(7-11)13-3-1-2-4-15(13)20-16/h1-7,12,21H,8-10H2. The summed E-state index contributed by atoms with van der Waals surface area (Å²) in [6.45, 7) is 1.37. The number of amides is 1. The summed E-state index contributed by atoms with van der Waals surface area (Å²) < 4.78 is 5.82. The van der Waals surface area contributed by atoms with Crippen LogP contribution in [0.15, 0.2) is 46.9 Å². The number of furan rings is 1. The summed E-state index contributed by atoms with van der Waals surface area (Å²) in [5.41, 5.74) is 2.92. The quantitative estimate of drug-likeness (QED) is 0.733. The molecular weight excluding hydrogens is 282 g/mol. The van der Waals surface area contributed by atoms with Gasteiger partial charge in [-0.05, 0) is 23.8 Å². The van der Waals surface area contributed by atoms with Gasteiger partial charge in [-0.3, -0.25) is 4.79 Å². The van der Waals surface area contributed by atoms with Gasteiger partial charge in [0.25, 0.3) is 0 Å². The number of hydrogen-bond acceptors (Lipinski definition) is 3. The first kappa shape index (κ1) is 12.8. The molecule has 2 heterocycles. The Morgan fingerprint density at radius 2 is 1.95 bits per heavy atom. The van der Waals surface area contributed by atoms with Crippen LogP contribution in [0.4, 0.5) is 0 Å². The monoisotopic (exact) mass is 297 g/mol. The zero-order chi connectivity index (χ0) is 14.4. The van der Waals surface area contributed by atoms with Gasteiger partial charge in [-0.2, -0.15) is 12.6 Å². The second-order valence-electron chi connectivity index (χ2n) is 5.56. The Kier molecular flexibility index (Phi) is 2.93. The van der Waals surface area contributed by atoms with Crippen molar-refractivity contribution in [2.24, 2.45) is 0 Å². The van der Waals surface area contributed by atoms with Crippen LogP contribution in [0.25, 0.3) is 21.9 Å². The van der Waals surface area contributed by atoms with Gasteiger partial charge >= 0.3 is 0 Å². The van der Waals surface area contributed by atoms with Gasteiger partial charge in [-0.1, -0.05) is 24.3 Å². The van der Waals surface area contributed by atoms with Crippen molar-refractivity contribution in [1.29, 1.82) is 0 Å². The Labute approximate surface area is 127 Å². The summed E-state index contributed by atoms with van der Waals surface area (Å²) in [5, 5.41) is 2.39. The Morgan fingerprint density at radius 3 is 2.76 bits per heavy atom. The van der Waals surface area contributed by atoms with Crippen molar-refractivity contribution in [2.45, 2.75) is 18.2 Å². The molecule has 0 spiro atoms. The minimum atomic E-state index is 0.163. The van der Waals surface area contributed by atoms with Gasteiger partial charge in [0.2, 0.25) is 5.91 Å². The smallest absolute Gasteiger partial charge is 0.224 e. The fourth-order valence-electron chi connectivity index (χ4n) is 3.00. The SMILES string of the molecule is O=C1CC(S)CN1Cc1ccc2oc3ccccc3c2c1. The van der Waals surface area contributed by atoms with Crippen LogP contribution >= 0.6 is 12.6 Å². The molecule has 1 aliphatic rings. The number of benzene rings is 2. The van der Waals surface area contributed by atoms with Crippen LogP contribution in [0.3, 0.4) is 0 Å². The summed E-state index contributed by atoms with van der Waals surface area (Å²) in [6, 6.07) is 14.2. The summed E-state index contributed by atoms with van der Waals surface area (Å²) >= 11 is 4.40. The van der Waals surface area contributed by atoms with Crippen LogP contribution in [0.1, 0.15) is 12.0 Å². The van der Waals surface area contributed by atoms with Crippen LogP contribution in [0, 0.1) is 0 Å². The lowest BCUT2D eigenvalue weighted by molar-refractivity contribution is -0.128. The molecule has 1 unspecified atom stereocenters. The molecular formula is C17H15NO2S. The molecule has 0 bridgehead atoms. The zero-order valence-electron chi connectivity index (χ0n) is 11.5. The van der Waals surface area contributed by atoms with Crippen molar-refractivity contribution in [1.82, 2.24) is 4.90 Å². The molecule has 1 fully saturated rings. The first-order valence-corrected chi connectivity index (χ1v) is 7.58. The molecule has 106 valence electrons. The lowest BCUT2D eigenvalue weighted by Crippen LogP contribution is -2.24. The minimum absolute atomic E-state index is 0.163. The number of carbonyl (C=O) groups is 1. The normalized spacial score (nSPS) is 19.0. The third-order valence-electron chi connectivity index (χ3n) is 4.01. The van der Waals surface area contributed by atoms with Crippen molar-refractivity contribution >= 4 is 40.5 Å². The van der Waals surface area contributed by atoms with E-state index in [0.717, 1.165) is 34.0 Å². The average molecular weight is 297 g/mol. The third-order valence-corrected chi connectivity index (χ3v) is 4.35. The summed E-state index contributed by atoms with van der Waals surface area (Å²) in [6.07, 6.45) is 0.542. The number of rotatable bonds is 2. The van der Waals surface area contributed by atoms with Crippen LogP contribution in [0.2, 0.25) is 0 Å². The van der Waals surface area contributed by atoms with E-state index >= 15 is 0 Å². The average Bonchev–Trinajstić information content (AvgIpc) is 2.99. The predicted molar refractivity (Wildman–Crippen MR) is 86.5 cm³/mol. The van der Waals surface area contributed by atoms with Gasteiger partial charge in [0, 0.05) is 35.5 Å². The van der Waals surface area contributed by atoms with E-state index in [4.69, 9.17) is 4.42 Å². The number of fused-ring (bicyclic) bond motifs is 3. The maximum atomic E-state index is 11.9. The number of likely N-dealkylation sites (tertiary alicyclic amines) is 1. The molecule has 0 saturated carbocycles. The van der Waals surface area contributed by atoms with Crippen molar-refractivity contribution < 1.29 is 9.21 Å². The number of hydrogen-bond donors (Lipinski definition) is 1. The molecule has 0 radical (unpaired) electrons. The van der Waals surface area contributed by atoms with Gasteiger partial charge in [-0.15, -0.1) is 0 Å². The molecule has 1 atom stereocenters. The Balaban J connectivity index is 1.73. The molecule has 2 aromatic carbocycles. The minimum Gasteiger partial charge on any atom is -0.456 e. The topological polar surface area (TPSA) is 33.5 Å². The highest BCUT2D eigenvalue weighted by atomic mass is 32.1. The van der Waals surface area contributed by atoms with Gasteiger partial charge in [0.1, 0.15) is 11.2 Å². The van der Waals surface area contributed by atoms with Crippen LogP contribution in [-0.4, -0.2) is 22.6 Å². The van der Waals surface area contributed by atoms with Crippen molar-refractivity contribution in [2.75, 3.05) is 6.54 Å². The zero-order valence-corrected chi connectivity index (χ0v) is 12.3. The van der Waals surface area contributed by atoms with Gasteiger partial charge < -0.3 is 9.32 Å². The highest BCUT2D eigenvalue weighted by Gasteiger charge is 2.27. The third kappa shape index (κ3) is 2.20. The fraction of sp³-hybridized carbons (Fsp3) is 0.235. The van der Waals surface area contributed by atoms with Gasteiger partial charge in [0.15, 0.2) is 0 Å². The molecule has 21 heavy (non-hydrogen) atoms. The highest BCUT2D eigenvalue weighted by molar-refractivity contribution is 7.81. The van der Waals surface area contributed by atoms with Crippen molar-refractivity contribution in [3.8, 4) is 0 Å². The number of para-hydroxylation sites is 1. The first-order valence-electron chi connectivity index (χ1n) is 7.07. The van der Waals surface area contributed by atoms with Crippen LogP contribution < -0.4 is 0 Å². The fourth-order valence-corrected chi connectivity index (χ4v) is 3.35. The molecule has 1 aliphatic heterocycles. The summed E-state index contributed by atoms with van der Waals surface area (Å²) in [7, 11) is 0. The highest BCUT2D eigenvalue weighted by Crippen LogP contribution is 2.30. The Bertz CT molecular complexity index is 839.